The molecule has 0 bridgehead atoms. The summed E-state index contributed by atoms with van der Waals surface area (Å²) in [6.45, 7) is 2.20. The zero-order valence-electron chi connectivity index (χ0n) is 14.8. The summed E-state index contributed by atoms with van der Waals surface area (Å²) in [5.41, 5.74) is 2.63. The summed E-state index contributed by atoms with van der Waals surface area (Å²) < 4.78 is 35.2. The molecule has 0 aliphatic heterocycles. The van der Waals surface area contributed by atoms with Gasteiger partial charge in [0.25, 0.3) is 5.91 Å². The number of benzene rings is 2. The summed E-state index contributed by atoms with van der Waals surface area (Å²) in [6.07, 6.45) is 3.07. The molecule has 1 aromatic heterocycles. The molecule has 1 aliphatic rings. The topological polar surface area (TPSA) is 76.4 Å². The van der Waals surface area contributed by atoms with Crippen molar-refractivity contribution in [3.8, 4) is 0 Å². The highest BCUT2D eigenvalue weighted by molar-refractivity contribution is 14.1. The highest BCUT2D eigenvalue weighted by atomic mass is 127. The molecule has 146 valence electrons. The van der Waals surface area contributed by atoms with E-state index < -0.39 is 23.1 Å². The summed E-state index contributed by atoms with van der Waals surface area (Å²) in [7, 11) is 0. The van der Waals surface area contributed by atoms with E-state index in [1.165, 1.54) is 0 Å². The van der Waals surface area contributed by atoms with Gasteiger partial charge in [-0.15, -0.1) is 0 Å². The largest absolute Gasteiger partial charge is 0.440 e. The zero-order chi connectivity index (χ0) is 19.8. The van der Waals surface area contributed by atoms with Crippen LogP contribution in [-0.4, -0.2) is 17.5 Å². The first-order valence-electron chi connectivity index (χ1n) is 8.65. The molecule has 1 amide bonds. The lowest BCUT2D eigenvalue weighted by atomic mass is 10.1. The average molecular weight is 499 g/mol. The Morgan fingerprint density at radius 2 is 2.14 bits per heavy atom. The van der Waals surface area contributed by atoms with Crippen LogP contribution < -0.4 is 10.8 Å². The van der Waals surface area contributed by atoms with Crippen LogP contribution >= 0.6 is 22.6 Å². The summed E-state index contributed by atoms with van der Waals surface area (Å²) in [5, 5.41) is 2.84. The monoisotopic (exact) mass is 499 g/mol. The first-order chi connectivity index (χ1) is 13.5. The molecule has 0 unspecified atom stereocenters. The number of fused-ring (bicyclic) bond motifs is 1. The minimum atomic E-state index is -1.23. The number of halogens is 3. The van der Waals surface area contributed by atoms with E-state index in [4.69, 9.17) is 9.25 Å². The van der Waals surface area contributed by atoms with Crippen molar-refractivity contribution in [3.05, 3.63) is 50.9 Å². The number of hydrogen-bond donors (Lipinski definition) is 2. The average Bonchev–Trinajstić information content (AvgIpc) is 3.35. The van der Waals surface area contributed by atoms with E-state index in [9.17, 15) is 13.6 Å². The summed E-state index contributed by atoms with van der Waals surface area (Å²) >= 11 is 2.15. The number of nitrogens with one attached hydrogen (secondary N) is 2. The molecule has 6 nitrogen and oxygen atoms in total. The molecule has 1 saturated carbocycles. The molecule has 1 fully saturated rings. The summed E-state index contributed by atoms with van der Waals surface area (Å²) in [5.74, 6) is -2.75. The van der Waals surface area contributed by atoms with E-state index >= 15 is 0 Å². The van der Waals surface area contributed by atoms with Gasteiger partial charge in [0.15, 0.2) is 17.8 Å². The van der Waals surface area contributed by atoms with Crippen molar-refractivity contribution in [1.82, 2.24) is 10.5 Å². The van der Waals surface area contributed by atoms with Crippen LogP contribution in [0.2, 0.25) is 0 Å². The fraction of sp³-hybridized carbons (Fsp3) is 0.263. The second-order valence-electron chi connectivity index (χ2n) is 6.68. The highest BCUT2D eigenvalue weighted by Crippen LogP contribution is 2.35. The molecule has 0 radical (unpaired) electrons. The van der Waals surface area contributed by atoms with E-state index in [-0.39, 0.29) is 16.8 Å². The first-order valence-corrected chi connectivity index (χ1v) is 9.73. The molecule has 0 atom stereocenters. The van der Waals surface area contributed by atoms with Gasteiger partial charge < -0.3 is 9.73 Å². The van der Waals surface area contributed by atoms with Gasteiger partial charge in [-0.2, -0.15) is 4.39 Å². The molecule has 1 aliphatic carbocycles. The van der Waals surface area contributed by atoms with Crippen molar-refractivity contribution in [2.45, 2.75) is 19.8 Å². The van der Waals surface area contributed by atoms with Crippen LogP contribution in [-0.2, 0) is 4.84 Å². The maximum Gasteiger partial charge on any atom is 0.279 e. The molecule has 1 heterocycles. The molecular formula is C19H16F2IN3O3. The van der Waals surface area contributed by atoms with E-state index in [2.05, 4.69) is 38.4 Å². The van der Waals surface area contributed by atoms with Crippen LogP contribution in [0.5, 0.6) is 0 Å². The molecule has 0 saturated heterocycles. The molecule has 3 aromatic rings. The number of nitrogens with zero attached hydrogens (tertiary/aromatic N) is 1. The third kappa shape index (κ3) is 3.68. The molecule has 2 aromatic carbocycles. The van der Waals surface area contributed by atoms with Crippen LogP contribution in [0.1, 0.15) is 28.8 Å². The Hall–Kier alpha value is -2.27. The Labute approximate surface area is 172 Å². The number of hydroxylamine groups is 1. The zero-order valence-corrected chi connectivity index (χ0v) is 17.0. The van der Waals surface area contributed by atoms with E-state index in [0.717, 1.165) is 28.4 Å². The second kappa shape index (κ2) is 7.63. The molecule has 28 heavy (non-hydrogen) atoms. The Bertz CT molecular complexity index is 1070. The number of aryl methyl sites for hydroxylation is 1. The molecule has 9 heteroatoms. The van der Waals surface area contributed by atoms with Crippen molar-refractivity contribution < 1.29 is 22.8 Å². The molecule has 2 N–H and O–H groups in total. The number of carbonyl (C=O) groups excluding carboxylic acids is 1. The Balaban J connectivity index is 1.76. The Morgan fingerprint density at radius 3 is 2.86 bits per heavy atom. The Morgan fingerprint density at radius 1 is 1.36 bits per heavy atom. The van der Waals surface area contributed by atoms with Crippen molar-refractivity contribution >= 4 is 51.0 Å². The fourth-order valence-corrected chi connectivity index (χ4v) is 3.47. The number of carbonyl (C=O) groups is 1. The minimum Gasteiger partial charge on any atom is -0.440 e. The maximum absolute atomic E-state index is 14.8. The van der Waals surface area contributed by atoms with Crippen molar-refractivity contribution in [2.24, 2.45) is 5.92 Å². The summed E-state index contributed by atoms with van der Waals surface area (Å²) in [4.78, 5) is 21.8. The van der Waals surface area contributed by atoms with Crippen LogP contribution in [0.3, 0.4) is 0 Å². The molecule has 0 spiro atoms. The van der Waals surface area contributed by atoms with Crippen LogP contribution in [0.15, 0.2) is 29.0 Å². The third-order valence-corrected chi connectivity index (χ3v) is 5.19. The van der Waals surface area contributed by atoms with Gasteiger partial charge in [-0.05, 0) is 72.0 Å². The quantitative estimate of drug-likeness (QED) is 0.376. The van der Waals surface area contributed by atoms with Crippen LogP contribution in [0.25, 0.3) is 11.1 Å². The summed E-state index contributed by atoms with van der Waals surface area (Å²) in [6, 6.07) is 5.42. The normalized spacial score (nSPS) is 13.7. The lowest BCUT2D eigenvalue weighted by Gasteiger charge is -2.16. The van der Waals surface area contributed by atoms with Gasteiger partial charge in [0.05, 0.1) is 17.9 Å². The van der Waals surface area contributed by atoms with Crippen molar-refractivity contribution in [1.29, 1.82) is 0 Å². The van der Waals surface area contributed by atoms with Gasteiger partial charge in [0.1, 0.15) is 5.52 Å². The lowest BCUT2D eigenvalue weighted by Crippen LogP contribution is -2.26. The highest BCUT2D eigenvalue weighted by Gasteiger charge is 2.28. The second-order valence-corrected chi connectivity index (χ2v) is 7.92. The van der Waals surface area contributed by atoms with Gasteiger partial charge >= 0.3 is 0 Å². The van der Waals surface area contributed by atoms with Crippen molar-refractivity contribution in [2.75, 3.05) is 11.9 Å². The molecule has 4 rings (SSSR count). The maximum atomic E-state index is 14.8. The molecular weight excluding hydrogens is 483 g/mol. The van der Waals surface area contributed by atoms with Gasteiger partial charge in [0.2, 0.25) is 5.82 Å². The van der Waals surface area contributed by atoms with E-state index in [0.29, 0.717) is 18.2 Å². The first kappa shape index (κ1) is 19.1. The van der Waals surface area contributed by atoms with Gasteiger partial charge in [-0.3, -0.25) is 9.63 Å². The lowest BCUT2D eigenvalue weighted by molar-refractivity contribution is 0.0272. The van der Waals surface area contributed by atoms with Crippen LogP contribution in [0, 0.1) is 28.0 Å². The predicted octanol–water partition coefficient (Wildman–Crippen LogP) is 4.83. The number of anilines is 2. The third-order valence-electron chi connectivity index (χ3n) is 4.52. The van der Waals surface area contributed by atoms with Gasteiger partial charge in [-0.25, -0.2) is 14.9 Å². The van der Waals surface area contributed by atoms with E-state index in [1.807, 2.05) is 19.1 Å². The fourth-order valence-electron chi connectivity index (χ4n) is 2.82. The van der Waals surface area contributed by atoms with Gasteiger partial charge in [-0.1, -0.05) is 0 Å². The number of rotatable bonds is 6. The van der Waals surface area contributed by atoms with Crippen molar-refractivity contribution in [3.63, 3.8) is 0 Å². The standard InChI is InChI=1S/C19H16F2IN3O3/c1-9-6-11(22)4-5-12(9)24-16-13(19(26)25-28-7-10-2-3-10)17-18(27-8-23-17)15(21)14(16)20/h4-6,8,10,24H,2-3,7H2,1H3,(H,25,26). The number of hydrogen-bond acceptors (Lipinski definition) is 5. The number of aromatic nitrogens is 1. The van der Waals surface area contributed by atoms with Crippen LogP contribution in [0.4, 0.5) is 20.2 Å². The smallest absolute Gasteiger partial charge is 0.279 e. The SMILES string of the molecule is Cc1cc(I)ccc1Nc1c(F)c(F)c2ocnc2c1C(=O)NOCC1CC1. The number of oxazole rings is 1. The minimum absolute atomic E-state index is 0.0860. The number of amides is 1. The van der Waals surface area contributed by atoms with E-state index in [1.54, 1.807) is 6.07 Å². The van der Waals surface area contributed by atoms with Gasteiger partial charge in [0, 0.05) is 9.26 Å². The Kier molecular flexibility index (Phi) is 5.19. The predicted molar refractivity (Wildman–Crippen MR) is 107 cm³/mol.